The van der Waals surface area contributed by atoms with Gasteiger partial charge in [0.1, 0.15) is 6.04 Å². The lowest BCUT2D eigenvalue weighted by molar-refractivity contribution is -0.197. The van der Waals surface area contributed by atoms with Gasteiger partial charge in [0.25, 0.3) is 0 Å². The van der Waals surface area contributed by atoms with Crippen molar-refractivity contribution in [1.82, 2.24) is 15.1 Å². The number of hydrogen-bond acceptors (Lipinski definition) is 3. The van der Waals surface area contributed by atoms with Gasteiger partial charge in [0.2, 0.25) is 17.7 Å². The molecule has 2 heterocycles. The number of amides is 3. The monoisotopic (exact) mass is 335 g/mol. The van der Waals surface area contributed by atoms with Crippen LogP contribution in [0.2, 0.25) is 0 Å². The van der Waals surface area contributed by atoms with Gasteiger partial charge in [0.05, 0.1) is 6.54 Å². The molecule has 130 valence electrons. The van der Waals surface area contributed by atoms with E-state index in [2.05, 4.69) is 5.32 Å². The van der Waals surface area contributed by atoms with E-state index < -0.39 is 24.2 Å². The number of carbonyl (C=O) groups is 3. The van der Waals surface area contributed by atoms with E-state index in [1.54, 1.807) is 0 Å². The maximum absolute atomic E-state index is 13.2. The normalized spacial score (nSPS) is 25.7. The average Bonchev–Trinajstić information content (AvgIpc) is 2.82. The SMILES string of the molecule is CC(=O)N[C@H]1CC[C@H](C(F)(F)F)N(C(=O)CN2CCCC2=O)C1. The fourth-order valence-electron chi connectivity index (χ4n) is 3.12. The zero-order chi connectivity index (χ0) is 17.2. The number of carbonyl (C=O) groups excluding carboxylic acids is 3. The van der Waals surface area contributed by atoms with Crippen LogP contribution >= 0.6 is 0 Å². The first-order chi connectivity index (χ1) is 10.7. The van der Waals surface area contributed by atoms with Crippen LogP contribution in [0.3, 0.4) is 0 Å². The molecule has 2 fully saturated rings. The van der Waals surface area contributed by atoms with Crippen molar-refractivity contribution in [1.29, 1.82) is 0 Å². The summed E-state index contributed by atoms with van der Waals surface area (Å²) in [5, 5.41) is 2.56. The highest BCUT2D eigenvalue weighted by atomic mass is 19.4. The van der Waals surface area contributed by atoms with Crippen molar-refractivity contribution < 1.29 is 27.6 Å². The second kappa shape index (κ2) is 6.76. The van der Waals surface area contributed by atoms with Crippen molar-refractivity contribution >= 4 is 17.7 Å². The summed E-state index contributed by atoms with van der Waals surface area (Å²) in [6.07, 6.45) is -3.68. The number of halogens is 3. The van der Waals surface area contributed by atoms with Gasteiger partial charge in [-0.2, -0.15) is 13.2 Å². The molecule has 2 aliphatic rings. The molecule has 0 bridgehead atoms. The minimum absolute atomic E-state index is 0.163. The number of hydrogen-bond donors (Lipinski definition) is 1. The number of nitrogens with zero attached hydrogens (tertiary/aromatic N) is 2. The lowest BCUT2D eigenvalue weighted by Gasteiger charge is -2.41. The van der Waals surface area contributed by atoms with Gasteiger partial charge in [0, 0.05) is 32.5 Å². The topological polar surface area (TPSA) is 69.7 Å². The molecule has 0 saturated carbocycles. The Kier molecular flexibility index (Phi) is 5.16. The van der Waals surface area contributed by atoms with Crippen LogP contribution in [0.25, 0.3) is 0 Å². The Labute approximate surface area is 132 Å². The summed E-state index contributed by atoms with van der Waals surface area (Å²) in [6, 6.07) is -2.36. The van der Waals surface area contributed by atoms with Crippen molar-refractivity contribution in [2.24, 2.45) is 0 Å². The zero-order valence-electron chi connectivity index (χ0n) is 12.9. The van der Waals surface area contributed by atoms with E-state index in [-0.39, 0.29) is 37.7 Å². The largest absolute Gasteiger partial charge is 0.408 e. The van der Waals surface area contributed by atoms with Gasteiger partial charge in [0.15, 0.2) is 0 Å². The quantitative estimate of drug-likeness (QED) is 0.824. The summed E-state index contributed by atoms with van der Waals surface area (Å²) in [4.78, 5) is 37.0. The fraction of sp³-hybridized carbons (Fsp3) is 0.786. The molecule has 0 aromatic carbocycles. The third kappa shape index (κ3) is 4.35. The molecule has 1 N–H and O–H groups in total. The fourth-order valence-corrected chi connectivity index (χ4v) is 3.12. The second-order valence-electron chi connectivity index (χ2n) is 6.00. The van der Waals surface area contributed by atoms with Crippen molar-refractivity contribution in [3.8, 4) is 0 Å². The third-order valence-corrected chi connectivity index (χ3v) is 4.18. The van der Waals surface area contributed by atoms with E-state index in [0.717, 1.165) is 4.90 Å². The summed E-state index contributed by atoms with van der Waals surface area (Å²) < 4.78 is 39.5. The first-order valence-electron chi connectivity index (χ1n) is 7.59. The summed E-state index contributed by atoms with van der Waals surface area (Å²) in [5.41, 5.74) is 0. The van der Waals surface area contributed by atoms with Crippen LogP contribution in [0.15, 0.2) is 0 Å². The smallest absolute Gasteiger partial charge is 0.352 e. The molecule has 0 spiro atoms. The highest BCUT2D eigenvalue weighted by Gasteiger charge is 2.48. The Morgan fingerprint density at radius 1 is 1.30 bits per heavy atom. The molecule has 0 aliphatic carbocycles. The Morgan fingerprint density at radius 3 is 2.52 bits per heavy atom. The number of nitrogens with one attached hydrogen (secondary N) is 1. The molecule has 0 radical (unpaired) electrons. The predicted octanol–water partition coefficient (Wildman–Crippen LogP) is 0.667. The minimum Gasteiger partial charge on any atom is -0.352 e. The van der Waals surface area contributed by atoms with Crippen LogP contribution in [-0.4, -0.2) is 65.4 Å². The van der Waals surface area contributed by atoms with Crippen molar-refractivity contribution in [2.45, 2.75) is 50.9 Å². The summed E-state index contributed by atoms with van der Waals surface area (Å²) in [6.45, 7) is 1.15. The van der Waals surface area contributed by atoms with Crippen LogP contribution in [0.1, 0.15) is 32.6 Å². The molecule has 2 atom stereocenters. The van der Waals surface area contributed by atoms with Crippen LogP contribution < -0.4 is 5.32 Å². The van der Waals surface area contributed by atoms with Gasteiger partial charge in [-0.3, -0.25) is 14.4 Å². The minimum atomic E-state index is -4.52. The van der Waals surface area contributed by atoms with Crippen LogP contribution in [-0.2, 0) is 14.4 Å². The molecule has 23 heavy (non-hydrogen) atoms. The average molecular weight is 335 g/mol. The van der Waals surface area contributed by atoms with Crippen LogP contribution in [0, 0.1) is 0 Å². The van der Waals surface area contributed by atoms with Gasteiger partial charge in [-0.1, -0.05) is 0 Å². The van der Waals surface area contributed by atoms with Gasteiger partial charge < -0.3 is 15.1 Å². The molecular weight excluding hydrogens is 315 g/mol. The zero-order valence-corrected chi connectivity index (χ0v) is 12.9. The Morgan fingerprint density at radius 2 is 2.00 bits per heavy atom. The predicted molar refractivity (Wildman–Crippen MR) is 74.2 cm³/mol. The molecule has 0 unspecified atom stereocenters. The lowest BCUT2D eigenvalue weighted by Crippen LogP contribution is -2.59. The van der Waals surface area contributed by atoms with Gasteiger partial charge >= 0.3 is 6.18 Å². The van der Waals surface area contributed by atoms with Crippen molar-refractivity contribution in [2.75, 3.05) is 19.6 Å². The van der Waals surface area contributed by atoms with E-state index >= 15 is 0 Å². The molecular formula is C14H20F3N3O3. The molecule has 9 heteroatoms. The standard InChI is InChI=1S/C14H20F3N3O3/c1-9(21)18-10-4-5-11(14(15,16)17)20(7-10)13(23)8-19-6-2-3-12(19)22/h10-11H,2-8H2,1H3,(H,18,21)/t10-,11+/m0/s1. The van der Waals surface area contributed by atoms with Gasteiger partial charge in [-0.15, -0.1) is 0 Å². The number of likely N-dealkylation sites (tertiary alicyclic amines) is 2. The van der Waals surface area contributed by atoms with Crippen molar-refractivity contribution in [3.05, 3.63) is 0 Å². The highest BCUT2D eigenvalue weighted by molar-refractivity contribution is 5.86. The van der Waals surface area contributed by atoms with E-state index in [0.29, 0.717) is 19.4 Å². The van der Waals surface area contributed by atoms with E-state index in [1.165, 1.54) is 11.8 Å². The lowest BCUT2D eigenvalue weighted by atomic mass is 9.97. The van der Waals surface area contributed by atoms with E-state index in [1.807, 2.05) is 0 Å². The summed E-state index contributed by atoms with van der Waals surface area (Å²) in [7, 11) is 0. The first kappa shape index (κ1) is 17.6. The maximum atomic E-state index is 13.2. The summed E-state index contributed by atoms with van der Waals surface area (Å²) in [5.74, 6) is -1.28. The first-order valence-corrected chi connectivity index (χ1v) is 7.59. The Bertz CT molecular complexity index is 495. The number of piperidine rings is 1. The molecule has 2 rings (SSSR count). The summed E-state index contributed by atoms with van der Waals surface area (Å²) >= 11 is 0. The van der Waals surface area contributed by atoms with Crippen LogP contribution in [0.5, 0.6) is 0 Å². The Hall–Kier alpha value is -1.80. The molecule has 0 aromatic rings. The Balaban J connectivity index is 2.08. The number of alkyl halides is 3. The molecule has 2 saturated heterocycles. The molecule has 6 nitrogen and oxygen atoms in total. The highest BCUT2D eigenvalue weighted by Crippen LogP contribution is 2.32. The third-order valence-electron chi connectivity index (χ3n) is 4.18. The molecule has 3 amide bonds. The molecule has 2 aliphatic heterocycles. The molecule has 0 aromatic heterocycles. The number of rotatable bonds is 3. The van der Waals surface area contributed by atoms with E-state index in [4.69, 9.17) is 0 Å². The van der Waals surface area contributed by atoms with Crippen LogP contribution in [0.4, 0.5) is 13.2 Å². The maximum Gasteiger partial charge on any atom is 0.408 e. The van der Waals surface area contributed by atoms with Gasteiger partial charge in [-0.25, -0.2) is 0 Å². The van der Waals surface area contributed by atoms with Gasteiger partial charge in [-0.05, 0) is 19.3 Å². The second-order valence-corrected chi connectivity index (χ2v) is 6.00. The van der Waals surface area contributed by atoms with Crippen molar-refractivity contribution in [3.63, 3.8) is 0 Å². The van der Waals surface area contributed by atoms with E-state index in [9.17, 15) is 27.6 Å².